The molecule has 4 nitrogen and oxygen atoms in total. The smallest absolute Gasteiger partial charge is 0.251 e. The summed E-state index contributed by atoms with van der Waals surface area (Å²) in [6, 6.07) is 0. The maximum absolute atomic E-state index is 12.1. The molecule has 2 saturated heterocycles. The van der Waals surface area contributed by atoms with Crippen LogP contribution in [0.1, 0.15) is 32.6 Å². The van der Waals surface area contributed by atoms with E-state index in [4.69, 9.17) is 4.74 Å². The van der Waals surface area contributed by atoms with E-state index in [2.05, 4.69) is 5.32 Å². The minimum Gasteiger partial charge on any atom is -0.365 e. The van der Waals surface area contributed by atoms with Gasteiger partial charge in [0.1, 0.15) is 6.10 Å². The second kappa shape index (κ2) is 5.83. The average Bonchev–Trinajstić information content (AvgIpc) is 2.76. The summed E-state index contributed by atoms with van der Waals surface area (Å²) >= 11 is 0. The zero-order valence-electron chi connectivity index (χ0n) is 10.9. The quantitative estimate of drug-likeness (QED) is 0.800. The monoisotopic (exact) mass is 240 g/mol. The maximum Gasteiger partial charge on any atom is 0.251 e. The Bertz CT molecular complexity index is 264. The molecule has 2 aliphatic rings. The van der Waals surface area contributed by atoms with Crippen LogP contribution in [0.5, 0.6) is 0 Å². The molecular formula is C13H24N2O2. The van der Waals surface area contributed by atoms with E-state index in [1.807, 2.05) is 18.9 Å². The van der Waals surface area contributed by atoms with Crippen LogP contribution in [0, 0.1) is 5.92 Å². The normalized spacial score (nSPS) is 30.5. The number of carbonyl (C=O) groups is 1. The number of hydrogen-bond acceptors (Lipinski definition) is 3. The van der Waals surface area contributed by atoms with Crippen LogP contribution >= 0.6 is 0 Å². The minimum atomic E-state index is -0.184. The number of amides is 1. The fraction of sp³-hybridized carbons (Fsp3) is 0.923. The molecule has 2 rings (SSSR count). The molecule has 2 aliphatic heterocycles. The Morgan fingerprint density at radius 1 is 1.29 bits per heavy atom. The van der Waals surface area contributed by atoms with Gasteiger partial charge in [-0.1, -0.05) is 0 Å². The SMILES string of the molecule is CC1CCC(C(=O)N(C)CC2CCNCC2)O1. The topological polar surface area (TPSA) is 41.6 Å². The number of hydrogen-bond donors (Lipinski definition) is 1. The van der Waals surface area contributed by atoms with E-state index in [1.165, 1.54) is 12.8 Å². The highest BCUT2D eigenvalue weighted by atomic mass is 16.5. The van der Waals surface area contributed by atoms with Gasteiger partial charge in [0.2, 0.25) is 0 Å². The van der Waals surface area contributed by atoms with Crippen molar-refractivity contribution in [3.8, 4) is 0 Å². The molecule has 0 aliphatic carbocycles. The van der Waals surface area contributed by atoms with Crippen LogP contribution < -0.4 is 5.32 Å². The van der Waals surface area contributed by atoms with Crippen molar-refractivity contribution in [3.63, 3.8) is 0 Å². The first-order valence-electron chi connectivity index (χ1n) is 6.78. The Morgan fingerprint density at radius 2 is 2.00 bits per heavy atom. The fourth-order valence-corrected chi connectivity index (χ4v) is 2.77. The summed E-state index contributed by atoms with van der Waals surface area (Å²) in [6.45, 7) is 5.10. The molecule has 2 fully saturated rings. The van der Waals surface area contributed by atoms with Crippen LogP contribution in [0.25, 0.3) is 0 Å². The minimum absolute atomic E-state index is 0.174. The molecule has 1 amide bonds. The Balaban J connectivity index is 1.78. The third kappa shape index (κ3) is 3.42. The van der Waals surface area contributed by atoms with Crippen molar-refractivity contribution in [2.45, 2.75) is 44.8 Å². The van der Waals surface area contributed by atoms with Gasteiger partial charge in [-0.2, -0.15) is 0 Å². The lowest BCUT2D eigenvalue weighted by Crippen LogP contribution is -2.41. The molecule has 2 atom stereocenters. The first-order valence-corrected chi connectivity index (χ1v) is 6.78. The third-order valence-electron chi connectivity index (χ3n) is 3.87. The Labute approximate surface area is 104 Å². The van der Waals surface area contributed by atoms with E-state index < -0.39 is 0 Å². The zero-order valence-corrected chi connectivity index (χ0v) is 10.9. The van der Waals surface area contributed by atoms with Crippen LogP contribution in [-0.4, -0.2) is 49.7 Å². The average molecular weight is 240 g/mol. The molecule has 0 spiro atoms. The summed E-state index contributed by atoms with van der Waals surface area (Å²) in [4.78, 5) is 14.0. The molecule has 0 bridgehead atoms. The Hall–Kier alpha value is -0.610. The van der Waals surface area contributed by atoms with Crippen molar-refractivity contribution in [2.24, 2.45) is 5.92 Å². The van der Waals surface area contributed by atoms with Gasteiger partial charge in [0.25, 0.3) is 5.91 Å². The van der Waals surface area contributed by atoms with Gasteiger partial charge in [-0.25, -0.2) is 0 Å². The number of ether oxygens (including phenoxy) is 1. The molecule has 2 unspecified atom stereocenters. The molecule has 4 heteroatoms. The van der Waals surface area contributed by atoms with Crippen molar-refractivity contribution in [2.75, 3.05) is 26.7 Å². The van der Waals surface area contributed by atoms with Crippen molar-refractivity contribution in [3.05, 3.63) is 0 Å². The summed E-state index contributed by atoms with van der Waals surface area (Å²) in [5, 5.41) is 3.35. The van der Waals surface area contributed by atoms with Gasteiger partial charge in [0, 0.05) is 13.6 Å². The number of likely N-dealkylation sites (N-methyl/N-ethyl adjacent to an activating group) is 1. The van der Waals surface area contributed by atoms with Crippen LogP contribution in [0.2, 0.25) is 0 Å². The highest BCUT2D eigenvalue weighted by Gasteiger charge is 2.31. The van der Waals surface area contributed by atoms with Gasteiger partial charge >= 0.3 is 0 Å². The van der Waals surface area contributed by atoms with Crippen LogP contribution in [0.15, 0.2) is 0 Å². The lowest BCUT2D eigenvalue weighted by molar-refractivity contribution is -0.141. The molecule has 1 N–H and O–H groups in total. The second-order valence-electron chi connectivity index (χ2n) is 5.42. The van der Waals surface area contributed by atoms with E-state index in [0.717, 1.165) is 32.5 Å². The molecule has 17 heavy (non-hydrogen) atoms. The summed E-state index contributed by atoms with van der Waals surface area (Å²) in [5.74, 6) is 0.830. The predicted octanol–water partition coefficient (Wildman–Crippen LogP) is 1.01. The molecule has 0 saturated carbocycles. The second-order valence-corrected chi connectivity index (χ2v) is 5.42. The van der Waals surface area contributed by atoms with Crippen LogP contribution in [0.4, 0.5) is 0 Å². The van der Waals surface area contributed by atoms with Crippen molar-refractivity contribution < 1.29 is 9.53 Å². The molecule has 0 radical (unpaired) electrons. The van der Waals surface area contributed by atoms with Crippen LogP contribution in [0.3, 0.4) is 0 Å². The van der Waals surface area contributed by atoms with E-state index >= 15 is 0 Å². The maximum atomic E-state index is 12.1. The summed E-state index contributed by atoms with van der Waals surface area (Å²) in [7, 11) is 1.91. The zero-order chi connectivity index (χ0) is 12.3. The van der Waals surface area contributed by atoms with Gasteiger partial charge in [0.15, 0.2) is 0 Å². The Morgan fingerprint density at radius 3 is 2.59 bits per heavy atom. The lowest BCUT2D eigenvalue weighted by Gasteiger charge is -2.28. The fourth-order valence-electron chi connectivity index (χ4n) is 2.77. The molecule has 2 heterocycles. The first-order chi connectivity index (χ1) is 8.16. The number of piperidine rings is 1. The summed E-state index contributed by atoms with van der Waals surface area (Å²) < 4.78 is 5.63. The van der Waals surface area contributed by atoms with E-state index in [1.54, 1.807) is 0 Å². The largest absolute Gasteiger partial charge is 0.365 e. The highest BCUT2D eigenvalue weighted by molar-refractivity contribution is 5.80. The van der Waals surface area contributed by atoms with E-state index in [0.29, 0.717) is 5.92 Å². The molecular weight excluding hydrogens is 216 g/mol. The van der Waals surface area contributed by atoms with E-state index in [9.17, 15) is 4.79 Å². The lowest BCUT2D eigenvalue weighted by atomic mass is 9.97. The predicted molar refractivity (Wildman–Crippen MR) is 66.8 cm³/mol. The van der Waals surface area contributed by atoms with Crippen molar-refractivity contribution >= 4 is 5.91 Å². The first kappa shape index (κ1) is 12.8. The third-order valence-corrected chi connectivity index (χ3v) is 3.87. The van der Waals surface area contributed by atoms with E-state index in [-0.39, 0.29) is 18.1 Å². The highest BCUT2D eigenvalue weighted by Crippen LogP contribution is 2.21. The number of carbonyl (C=O) groups excluding carboxylic acids is 1. The van der Waals surface area contributed by atoms with Crippen LogP contribution in [-0.2, 0) is 9.53 Å². The Kier molecular flexibility index (Phi) is 4.40. The number of rotatable bonds is 3. The van der Waals surface area contributed by atoms with Gasteiger partial charge in [-0.3, -0.25) is 4.79 Å². The number of nitrogens with one attached hydrogen (secondary N) is 1. The van der Waals surface area contributed by atoms with Gasteiger partial charge in [-0.15, -0.1) is 0 Å². The van der Waals surface area contributed by atoms with Gasteiger partial charge < -0.3 is 15.0 Å². The van der Waals surface area contributed by atoms with Crippen molar-refractivity contribution in [1.29, 1.82) is 0 Å². The molecule has 98 valence electrons. The van der Waals surface area contributed by atoms with Gasteiger partial charge in [0.05, 0.1) is 6.10 Å². The molecule has 0 aromatic carbocycles. The summed E-state index contributed by atoms with van der Waals surface area (Å²) in [5.41, 5.74) is 0. The standard InChI is InChI=1S/C13H24N2O2/c1-10-3-4-12(17-10)13(16)15(2)9-11-5-7-14-8-6-11/h10-12,14H,3-9H2,1-2H3. The summed E-state index contributed by atoms with van der Waals surface area (Å²) in [6.07, 6.45) is 4.32. The van der Waals surface area contributed by atoms with Crippen molar-refractivity contribution in [1.82, 2.24) is 10.2 Å². The van der Waals surface area contributed by atoms with Gasteiger partial charge in [-0.05, 0) is 51.6 Å². The molecule has 0 aromatic heterocycles. The molecule has 0 aromatic rings. The number of nitrogens with zero attached hydrogens (tertiary/aromatic N) is 1.